The van der Waals surface area contributed by atoms with Crippen LogP contribution >= 0.6 is 0 Å². The topological polar surface area (TPSA) is 75.3 Å². The molecule has 5 nitrogen and oxygen atoms in total. The van der Waals surface area contributed by atoms with E-state index < -0.39 is 11.8 Å². The summed E-state index contributed by atoms with van der Waals surface area (Å²) in [6.45, 7) is 1.93. The fraction of sp³-hybridized carbons (Fsp3) is 0.0625. The van der Waals surface area contributed by atoms with Gasteiger partial charge in [-0.1, -0.05) is 23.8 Å². The van der Waals surface area contributed by atoms with E-state index in [-0.39, 0.29) is 17.0 Å². The van der Waals surface area contributed by atoms with E-state index in [0.717, 1.165) is 5.56 Å². The summed E-state index contributed by atoms with van der Waals surface area (Å²) >= 11 is 0. The van der Waals surface area contributed by atoms with Gasteiger partial charge in [0.05, 0.1) is 16.8 Å². The van der Waals surface area contributed by atoms with Gasteiger partial charge in [-0.15, -0.1) is 0 Å². The van der Waals surface area contributed by atoms with Gasteiger partial charge in [-0.2, -0.15) is 0 Å². The molecular weight excluding hydrogens is 268 g/mol. The minimum atomic E-state index is -0.491. The fourth-order valence-electron chi connectivity index (χ4n) is 2.22. The number of carbonyl (C=O) groups excluding carboxylic acids is 3. The molecule has 3 rings (SSSR count). The zero-order chi connectivity index (χ0) is 15.0. The van der Waals surface area contributed by atoms with Crippen molar-refractivity contribution >= 4 is 23.4 Å². The average Bonchev–Trinajstić information content (AvgIpc) is 2.76. The van der Waals surface area contributed by atoms with Crippen molar-refractivity contribution < 1.29 is 14.4 Å². The number of imide groups is 1. The largest absolute Gasteiger partial charge is 0.321 e. The van der Waals surface area contributed by atoms with Crippen molar-refractivity contribution in [1.29, 1.82) is 0 Å². The van der Waals surface area contributed by atoms with E-state index in [1.54, 1.807) is 30.3 Å². The number of hydrogen-bond acceptors (Lipinski definition) is 3. The van der Waals surface area contributed by atoms with E-state index >= 15 is 0 Å². The average molecular weight is 280 g/mol. The second-order valence-electron chi connectivity index (χ2n) is 4.83. The van der Waals surface area contributed by atoms with Crippen molar-refractivity contribution in [2.24, 2.45) is 0 Å². The van der Waals surface area contributed by atoms with Crippen LogP contribution in [-0.4, -0.2) is 17.7 Å². The van der Waals surface area contributed by atoms with Gasteiger partial charge in [0.1, 0.15) is 0 Å². The molecule has 0 saturated carbocycles. The highest BCUT2D eigenvalue weighted by Gasteiger charge is 2.29. The van der Waals surface area contributed by atoms with E-state index in [0.29, 0.717) is 11.3 Å². The van der Waals surface area contributed by atoms with E-state index in [2.05, 4.69) is 10.6 Å². The summed E-state index contributed by atoms with van der Waals surface area (Å²) in [6.07, 6.45) is 0. The van der Waals surface area contributed by atoms with E-state index in [4.69, 9.17) is 0 Å². The van der Waals surface area contributed by atoms with Gasteiger partial charge < -0.3 is 5.32 Å². The second-order valence-corrected chi connectivity index (χ2v) is 4.83. The Kier molecular flexibility index (Phi) is 3.02. The molecule has 0 aliphatic carbocycles. The molecule has 0 spiro atoms. The van der Waals surface area contributed by atoms with Crippen LogP contribution in [0.3, 0.4) is 0 Å². The number of rotatable bonds is 2. The van der Waals surface area contributed by atoms with Crippen molar-refractivity contribution in [3.8, 4) is 0 Å². The fourth-order valence-corrected chi connectivity index (χ4v) is 2.22. The molecule has 0 atom stereocenters. The third-order valence-electron chi connectivity index (χ3n) is 3.33. The highest BCUT2D eigenvalue weighted by molar-refractivity contribution is 6.25. The lowest BCUT2D eigenvalue weighted by Gasteiger charge is -2.08. The van der Waals surface area contributed by atoms with Crippen molar-refractivity contribution in [3.63, 3.8) is 0 Å². The summed E-state index contributed by atoms with van der Waals surface area (Å²) in [5.41, 5.74) is 2.37. The summed E-state index contributed by atoms with van der Waals surface area (Å²) < 4.78 is 0. The number of carbonyl (C=O) groups is 3. The minimum absolute atomic E-state index is 0.211. The maximum Gasteiger partial charge on any atom is 0.261 e. The molecule has 0 bridgehead atoms. The Hall–Kier alpha value is -2.95. The molecule has 104 valence electrons. The molecule has 5 heteroatoms. The zero-order valence-electron chi connectivity index (χ0n) is 11.3. The van der Waals surface area contributed by atoms with Gasteiger partial charge in [0.15, 0.2) is 0 Å². The highest BCUT2D eigenvalue weighted by Crippen LogP contribution is 2.24. The lowest BCUT2D eigenvalue weighted by Crippen LogP contribution is -2.20. The SMILES string of the molecule is Cc1ccc(C(=O)Nc2cccc3c2C(=O)NC3=O)cc1. The number of anilines is 1. The van der Waals surface area contributed by atoms with Gasteiger partial charge in [-0.25, -0.2) is 0 Å². The number of hydrogen-bond donors (Lipinski definition) is 2. The molecule has 2 aromatic rings. The van der Waals surface area contributed by atoms with Crippen LogP contribution in [0, 0.1) is 6.92 Å². The monoisotopic (exact) mass is 280 g/mol. The van der Waals surface area contributed by atoms with Crippen molar-refractivity contribution in [2.75, 3.05) is 5.32 Å². The third kappa shape index (κ3) is 2.29. The normalized spacial score (nSPS) is 12.8. The van der Waals surface area contributed by atoms with Crippen LogP contribution in [0.1, 0.15) is 36.6 Å². The van der Waals surface area contributed by atoms with Crippen LogP contribution in [0.15, 0.2) is 42.5 Å². The lowest BCUT2D eigenvalue weighted by atomic mass is 10.1. The van der Waals surface area contributed by atoms with Gasteiger partial charge in [-0.3, -0.25) is 19.7 Å². The summed E-state index contributed by atoms with van der Waals surface area (Å²) in [4.78, 5) is 35.5. The van der Waals surface area contributed by atoms with Gasteiger partial charge in [0.2, 0.25) is 0 Å². The number of amides is 3. The summed E-state index contributed by atoms with van der Waals surface area (Å²) in [6, 6.07) is 11.9. The first-order valence-corrected chi connectivity index (χ1v) is 6.43. The van der Waals surface area contributed by atoms with Gasteiger partial charge in [-0.05, 0) is 31.2 Å². The Morgan fingerprint density at radius 3 is 2.43 bits per heavy atom. The summed E-state index contributed by atoms with van der Waals surface area (Å²) in [5.74, 6) is -1.26. The summed E-state index contributed by atoms with van der Waals surface area (Å²) in [5, 5.41) is 4.89. The molecule has 1 heterocycles. The highest BCUT2D eigenvalue weighted by atomic mass is 16.2. The number of aryl methyl sites for hydroxylation is 1. The molecule has 0 saturated heterocycles. The Morgan fingerprint density at radius 1 is 1.00 bits per heavy atom. The summed E-state index contributed by atoms with van der Waals surface area (Å²) in [7, 11) is 0. The number of benzene rings is 2. The van der Waals surface area contributed by atoms with Crippen molar-refractivity contribution in [1.82, 2.24) is 5.32 Å². The molecule has 0 unspecified atom stereocenters. The maximum atomic E-state index is 12.2. The molecule has 0 fully saturated rings. The van der Waals surface area contributed by atoms with E-state index in [1.165, 1.54) is 0 Å². The molecule has 2 aromatic carbocycles. The standard InChI is InChI=1S/C16H12N2O3/c1-9-5-7-10(8-6-9)14(19)17-12-4-2-3-11-13(12)16(21)18-15(11)20/h2-8H,1H3,(H,17,19)(H,18,20,21). The smallest absolute Gasteiger partial charge is 0.261 e. The van der Waals surface area contributed by atoms with Crippen LogP contribution in [-0.2, 0) is 0 Å². The predicted octanol–water partition coefficient (Wildman–Crippen LogP) is 2.13. The molecule has 3 amide bonds. The number of fused-ring (bicyclic) bond motifs is 1. The predicted molar refractivity (Wildman–Crippen MR) is 77.4 cm³/mol. The first kappa shape index (κ1) is 13.1. The number of nitrogens with one attached hydrogen (secondary N) is 2. The molecule has 0 radical (unpaired) electrons. The van der Waals surface area contributed by atoms with Crippen LogP contribution < -0.4 is 10.6 Å². The van der Waals surface area contributed by atoms with Crippen LogP contribution in [0.5, 0.6) is 0 Å². The first-order valence-electron chi connectivity index (χ1n) is 6.43. The van der Waals surface area contributed by atoms with Crippen molar-refractivity contribution in [2.45, 2.75) is 6.92 Å². The Balaban J connectivity index is 1.93. The zero-order valence-corrected chi connectivity index (χ0v) is 11.3. The van der Waals surface area contributed by atoms with Gasteiger partial charge >= 0.3 is 0 Å². The molecule has 21 heavy (non-hydrogen) atoms. The van der Waals surface area contributed by atoms with Crippen LogP contribution in [0.25, 0.3) is 0 Å². The van der Waals surface area contributed by atoms with E-state index in [9.17, 15) is 14.4 Å². The Morgan fingerprint density at radius 2 is 1.71 bits per heavy atom. The molecule has 1 aliphatic rings. The quantitative estimate of drug-likeness (QED) is 0.827. The molecule has 0 aromatic heterocycles. The lowest BCUT2D eigenvalue weighted by molar-refractivity contribution is 0.0879. The van der Waals surface area contributed by atoms with Crippen LogP contribution in [0.4, 0.5) is 5.69 Å². The second kappa shape index (κ2) is 4.86. The molecular formula is C16H12N2O3. The Bertz CT molecular complexity index is 764. The van der Waals surface area contributed by atoms with Gasteiger partial charge in [0, 0.05) is 5.56 Å². The van der Waals surface area contributed by atoms with Crippen LogP contribution in [0.2, 0.25) is 0 Å². The third-order valence-corrected chi connectivity index (χ3v) is 3.33. The Labute approximate surface area is 121 Å². The minimum Gasteiger partial charge on any atom is -0.321 e. The first-order chi connectivity index (χ1) is 10.1. The maximum absolute atomic E-state index is 12.2. The molecule has 2 N–H and O–H groups in total. The van der Waals surface area contributed by atoms with Crippen molar-refractivity contribution in [3.05, 3.63) is 64.7 Å². The van der Waals surface area contributed by atoms with E-state index in [1.807, 2.05) is 19.1 Å². The van der Waals surface area contributed by atoms with Gasteiger partial charge in [0.25, 0.3) is 17.7 Å². The molecule has 1 aliphatic heterocycles.